The van der Waals surface area contributed by atoms with Crippen molar-refractivity contribution in [3.63, 3.8) is 0 Å². The first-order chi connectivity index (χ1) is 9.75. The van der Waals surface area contributed by atoms with E-state index >= 15 is 0 Å². The van der Waals surface area contributed by atoms with Crippen molar-refractivity contribution in [2.45, 2.75) is 13.1 Å². The zero-order chi connectivity index (χ0) is 15.6. The van der Waals surface area contributed by atoms with Crippen LogP contribution in [0.5, 0.6) is 0 Å². The van der Waals surface area contributed by atoms with Gasteiger partial charge in [-0.05, 0) is 31.2 Å². The lowest BCUT2D eigenvalue weighted by atomic mass is 10.1. The Labute approximate surface area is 123 Å². The molecular formula is C13H9ClF3N3O. The molecule has 1 heterocycles. The van der Waals surface area contributed by atoms with Crippen LogP contribution < -0.4 is 5.32 Å². The van der Waals surface area contributed by atoms with Gasteiger partial charge in [-0.1, -0.05) is 17.7 Å². The molecule has 0 aliphatic heterocycles. The van der Waals surface area contributed by atoms with Crippen LogP contribution in [0.3, 0.4) is 0 Å². The Bertz CT molecular complexity index is 668. The zero-order valence-electron chi connectivity index (χ0n) is 10.7. The molecule has 1 aromatic carbocycles. The molecule has 0 saturated carbocycles. The summed E-state index contributed by atoms with van der Waals surface area (Å²) in [7, 11) is 0. The van der Waals surface area contributed by atoms with Gasteiger partial charge in [0.05, 0.1) is 5.56 Å². The van der Waals surface area contributed by atoms with Crippen LogP contribution in [0.25, 0.3) is 0 Å². The highest BCUT2D eigenvalue weighted by Crippen LogP contribution is 2.29. The second-order valence-corrected chi connectivity index (χ2v) is 4.58. The van der Waals surface area contributed by atoms with Crippen molar-refractivity contribution in [2.75, 3.05) is 5.32 Å². The van der Waals surface area contributed by atoms with Gasteiger partial charge in [-0.25, -0.2) is 9.97 Å². The van der Waals surface area contributed by atoms with E-state index in [0.717, 1.165) is 18.2 Å². The largest absolute Gasteiger partial charge is 0.416 e. The Hall–Kier alpha value is -2.15. The normalized spacial score (nSPS) is 11.3. The number of carbonyl (C=O) groups excluding carboxylic acids is 1. The highest BCUT2D eigenvalue weighted by atomic mass is 35.5. The molecule has 1 N–H and O–H groups in total. The second kappa shape index (κ2) is 5.69. The molecule has 2 rings (SSSR count). The summed E-state index contributed by atoms with van der Waals surface area (Å²) in [5, 5.41) is 2.43. The number of amides is 1. The van der Waals surface area contributed by atoms with Crippen molar-refractivity contribution in [2.24, 2.45) is 0 Å². The molecular weight excluding hydrogens is 307 g/mol. The fraction of sp³-hybridized carbons (Fsp3) is 0.154. The molecule has 110 valence electrons. The number of nitrogens with one attached hydrogen (secondary N) is 1. The molecule has 0 spiro atoms. The number of rotatable bonds is 2. The van der Waals surface area contributed by atoms with Crippen LogP contribution in [0.4, 0.5) is 19.1 Å². The first-order valence-electron chi connectivity index (χ1n) is 5.75. The second-order valence-electron chi connectivity index (χ2n) is 4.19. The van der Waals surface area contributed by atoms with Gasteiger partial charge >= 0.3 is 6.18 Å². The van der Waals surface area contributed by atoms with E-state index in [1.165, 1.54) is 12.1 Å². The molecule has 4 nitrogen and oxygen atoms in total. The molecule has 1 aromatic heterocycles. The Kier molecular flexibility index (Phi) is 4.13. The van der Waals surface area contributed by atoms with E-state index in [4.69, 9.17) is 11.6 Å². The fourth-order valence-electron chi connectivity index (χ4n) is 1.60. The molecule has 8 heteroatoms. The molecule has 0 saturated heterocycles. The van der Waals surface area contributed by atoms with Gasteiger partial charge in [-0.15, -0.1) is 0 Å². The van der Waals surface area contributed by atoms with Crippen molar-refractivity contribution in [1.29, 1.82) is 0 Å². The Morgan fingerprint density at radius 2 is 1.95 bits per heavy atom. The minimum Gasteiger partial charge on any atom is -0.290 e. The van der Waals surface area contributed by atoms with Crippen LogP contribution >= 0.6 is 11.6 Å². The molecule has 0 unspecified atom stereocenters. The minimum absolute atomic E-state index is 0.0672. The lowest BCUT2D eigenvalue weighted by molar-refractivity contribution is -0.137. The summed E-state index contributed by atoms with van der Waals surface area (Å²) < 4.78 is 37.8. The minimum atomic E-state index is -4.51. The standard InChI is InChI=1S/C13H9ClF3N3O/c1-7-5-10(14)19-12(18-7)20-11(21)8-3-2-4-9(6-8)13(15,16)17/h2-6H,1H3,(H,18,19,20,21). The lowest BCUT2D eigenvalue weighted by Crippen LogP contribution is -2.16. The molecule has 21 heavy (non-hydrogen) atoms. The topological polar surface area (TPSA) is 54.9 Å². The van der Waals surface area contributed by atoms with Gasteiger partial charge in [0.1, 0.15) is 5.15 Å². The first kappa shape index (κ1) is 15.2. The quantitative estimate of drug-likeness (QED) is 0.860. The summed E-state index contributed by atoms with van der Waals surface area (Å²) in [6, 6.07) is 5.55. The fourth-order valence-corrected chi connectivity index (χ4v) is 1.83. The van der Waals surface area contributed by atoms with E-state index < -0.39 is 17.6 Å². The summed E-state index contributed by atoms with van der Waals surface area (Å²) in [6.07, 6.45) is -4.51. The molecule has 0 aliphatic carbocycles. The third-order valence-corrected chi connectivity index (χ3v) is 2.69. The summed E-state index contributed by atoms with van der Waals surface area (Å²) in [5.74, 6) is -0.815. The van der Waals surface area contributed by atoms with Gasteiger partial charge in [-0.3, -0.25) is 10.1 Å². The summed E-state index contributed by atoms with van der Waals surface area (Å²) in [4.78, 5) is 19.6. The number of benzene rings is 1. The molecule has 0 fully saturated rings. The average molecular weight is 316 g/mol. The van der Waals surface area contributed by atoms with E-state index in [-0.39, 0.29) is 16.7 Å². The third-order valence-electron chi connectivity index (χ3n) is 2.50. The number of hydrogen-bond acceptors (Lipinski definition) is 3. The van der Waals surface area contributed by atoms with E-state index in [0.29, 0.717) is 5.69 Å². The number of hydrogen-bond donors (Lipinski definition) is 1. The number of halogens is 4. The maximum atomic E-state index is 12.6. The van der Waals surface area contributed by atoms with E-state index in [2.05, 4.69) is 15.3 Å². The number of nitrogens with zero attached hydrogens (tertiary/aromatic N) is 2. The zero-order valence-corrected chi connectivity index (χ0v) is 11.5. The van der Waals surface area contributed by atoms with Crippen LogP contribution in [0, 0.1) is 6.92 Å². The van der Waals surface area contributed by atoms with Crippen molar-refractivity contribution < 1.29 is 18.0 Å². The van der Waals surface area contributed by atoms with Crippen molar-refractivity contribution in [3.8, 4) is 0 Å². The maximum Gasteiger partial charge on any atom is 0.416 e. The summed E-state index contributed by atoms with van der Waals surface area (Å²) >= 11 is 5.71. The van der Waals surface area contributed by atoms with E-state index in [1.54, 1.807) is 6.92 Å². The van der Waals surface area contributed by atoms with Crippen LogP contribution in [0.2, 0.25) is 5.15 Å². The van der Waals surface area contributed by atoms with Gasteiger partial charge in [0.25, 0.3) is 5.91 Å². The van der Waals surface area contributed by atoms with Crippen molar-refractivity contribution >= 4 is 23.5 Å². The number of anilines is 1. The molecule has 0 radical (unpaired) electrons. The predicted octanol–water partition coefficient (Wildman–Crippen LogP) is 3.71. The SMILES string of the molecule is Cc1cc(Cl)nc(NC(=O)c2cccc(C(F)(F)F)c2)n1. The van der Waals surface area contributed by atoms with Crippen molar-refractivity contribution in [3.05, 3.63) is 52.3 Å². The summed E-state index contributed by atoms with van der Waals surface area (Å²) in [6.45, 7) is 1.65. The third kappa shape index (κ3) is 3.91. The van der Waals surface area contributed by atoms with Crippen LogP contribution in [0.15, 0.2) is 30.3 Å². The average Bonchev–Trinajstić information content (AvgIpc) is 2.36. The molecule has 0 aliphatic rings. The van der Waals surface area contributed by atoms with Crippen molar-refractivity contribution in [1.82, 2.24) is 9.97 Å². The number of carbonyl (C=O) groups is 1. The van der Waals surface area contributed by atoms with Crippen LogP contribution in [-0.2, 0) is 6.18 Å². The van der Waals surface area contributed by atoms with Gasteiger partial charge in [0.2, 0.25) is 5.95 Å². The van der Waals surface area contributed by atoms with Gasteiger partial charge in [0, 0.05) is 11.3 Å². The Balaban J connectivity index is 2.24. The highest BCUT2D eigenvalue weighted by Gasteiger charge is 2.30. The van der Waals surface area contributed by atoms with Crippen LogP contribution in [-0.4, -0.2) is 15.9 Å². The molecule has 0 bridgehead atoms. The van der Waals surface area contributed by atoms with E-state index in [1.807, 2.05) is 0 Å². The lowest BCUT2D eigenvalue weighted by Gasteiger charge is -2.09. The maximum absolute atomic E-state index is 12.6. The van der Waals surface area contributed by atoms with E-state index in [9.17, 15) is 18.0 Å². The monoisotopic (exact) mass is 315 g/mol. The first-order valence-corrected chi connectivity index (χ1v) is 6.13. The Morgan fingerprint density at radius 3 is 2.57 bits per heavy atom. The van der Waals surface area contributed by atoms with Gasteiger partial charge in [-0.2, -0.15) is 13.2 Å². The van der Waals surface area contributed by atoms with Crippen LogP contribution in [0.1, 0.15) is 21.6 Å². The number of aryl methyl sites for hydroxylation is 1. The van der Waals surface area contributed by atoms with Gasteiger partial charge in [0.15, 0.2) is 0 Å². The smallest absolute Gasteiger partial charge is 0.290 e. The molecule has 1 amide bonds. The van der Waals surface area contributed by atoms with Gasteiger partial charge < -0.3 is 0 Å². The summed E-state index contributed by atoms with van der Waals surface area (Å²) in [5.41, 5.74) is -0.529. The highest BCUT2D eigenvalue weighted by molar-refractivity contribution is 6.29. The number of aromatic nitrogens is 2. The molecule has 2 aromatic rings. The molecule has 0 atom stereocenters. The Morgan fingerprint density at radius 1 is 1.24 bits per heavy atom. The number of alkyl halides is 3. The predicted molar refractivity (Wildman–Crippen MR) is 71.2 cm³/mol.